The standard InChI is InChI=1S/C11H13ClN2O/c12-8-1-2-10-9(5-8)11(3-4-15-10)6-13-7-14-11/h1-2,5,13-14H,3-4,6-7H2. The van der Waals surface area contributed by atoms with Gasteiger partial charge in [0.05, 0.1) is 12.1 Å². The third-order valence-electron chi connectivity index (χ3n) is 3.22. The Kier molecular flexibility index (Phi) is 2.12. The van der Waals surface area contributed by atoms with Crippen LogP contribution in [0.5, 0.6) is 5.75 Å². The average molecular weight is 225 g/mol. The van der Waals surface area contributed by atoms with Gasteiger partial charge in [0, 0.05) is 30.2 Å². The van der Waals surface area contributed by atoms with Gasteiger partial charge in [-0.25, -0.2) is 0 Å². The van der Waals surface area contributed by atoms with Crippen LogP contribution in [0.2, 0.25) is 5.02 Å². The zero-order chi connectivity index (χ0) is 10.3. The van der Waals surface area contributed by atoms with Crippen molar-refractivity contribution in [2.45, 2.75) is 12.0 Å². The lowest BCUT2D eigenvalue weighted by Crippen LogP contribution is -2.43. The first-order valence-corrected chi connectivity index (χ1v) is 5.57. The van der Waals surface area contributed by atoms with Gasteiger partial charge in [0.1, 0.15) is 5.75 Å². The van der Waals surface area contributed by atoms with E-state index in [-0.39, 0.29) is 5.54 Å². The minimum atomic E-state index is 0.0263. The second-order valence-corrected chi connectivity index (χ2v) is 4.54. The molecule has 0 saturated carbocycles. The van der Waals surface area contributed by atoms with Crippen LogP contribution in [0.1, 0.15) is 12.0 Å². The fourth-order valence-corrected chi connectivity index (χ4v) is 2.58. The lowest BCUT2D eigenvalue weighted by molar-refractivity contribution is 0.209. The summed E-state index contributed by atoms with van der Waals surface area (Å²) in [7, 11) is 0. The molecule has 1 saturated heterocycles. The monoisotopic (exact) mass is 224 g/mol. The second-order valence-electron chi connectivity index (χ2n) is 4.10. The Morgan fingerprint density at radius 2 is 2.33 bits per heavy atom. The molecule has 1 aromatic rings. The summed E-state index contributed by atoms with van der Waals surface area (Å²) in [4.78, 5) is 0. The van der Waals surface area contributed by atoms with Crippen molar-refractivity contribution >= 4 is 11.6 Å². The first kappa shape index (κ1) is 9.46. The van der Waals surface area contributed by atoms with E-state index < -0.39 is 0 Å². The van der Waals surface area contributed by atoms with Crippen molar-refractivity contribution < 1.29 is 4.74 Å². The Balaban J connectivity index is 2.12. The average Bonchev–Trinajstić information content (AvgIpc) is 2.69. The fourth-order valence-electron chi connectivity index (χ4n) is 2.41. The van der Waals surface area contributed by atoms with E-state index >= 15 is 0 Å². The maximum absolute atomic E-state index is 6.03. The highest BCUT2D eigenvalue weighted by molar-refractivity contribution is 6.30. The molecule has 3 rings (SSSR count). The number of ether oxygens (including phenoxy) is 1. The summed E-state index contributed by atoms with van der Waals surface area (Å²) in [6.07, 6.45) is 0.993. The van der Waals surface area contributed by atoms with Crippen LogP contribution < -0.4 is 15.4 Å². The lowest BCUT2D eigenvalue weighted by Gasteiger charge is -2.35. The topological polar surface area (TPSA) is 33.3 Å². The van der Waals surface area contributed by atoms with Gasteiger partial charge in [-0.3, -0.25) is 5.32 Å². The second kappa shape index (κ2) is 3.37. The van der Waals surface area contributed by atoms with Gasteiger partial charge in [0.25, 0.3) is 0 Å². The van der Waals surface area contributed by atoms with Crippen molar-refractivity contribution in [2.75, 3.05) is 19.8 Å². The summed E-state index contributed by atoms with van der Waals surface area (Å²) in [6.45, 7) is 2.57. The molecule has 1 aromatic carbocycles. The molecular weight excluding hydrogens is 212 g/mol. The third kappa shape index (κ3) is 1.42. The fraction of sp³-hybridized carbons (Fsp3) is 0.455. The zero-order valence-corrected chi connectivity index (χ0v) is 9.10. The molecule has 2 heterocycles. The number of rotatable bonds is 0. The number of hydrogen-bond acceptors (Lipinski definition) is 3. The highest BCUT2D eigenvalue weighted by Gasteiger charge is 2.39. The van der Waals surface area contributed by atoms with Gasteiger partial charge in [-0.05, 0) is 18.2 Å². The third-order valence-corrected chi connectivity index (χ3v) is 3.46. The van der Waals surface area contributed by atoms with E-state index in [4.69, 9.17) is 16.3 Å². The predicted octanol–water partition coefficient (Wildman–Crippen LogP) is 1.47. The quantitative estimate of drug-likeness (QED) is 0.700. The van der Waals surface area contributed by atoms with Crippen LogP contribution in [-0.4, -0.2) is 19.8 Å². The molecule has 2 aliphatic heterocycles. The Morgan fingerprint density at radius 1 is 1.40 bits per heavy atom. The van der Waals surface area contributed by atoms with Gasteiger partial charge in [-0.1, -0.05) is 11.6 Å². The molecule has 0 aliphatic carbocycles. The van der Waals surface area contributed by atoms with E-state index in [1.54, 1.807) is 0 Å². The molecule has 2 aliphatic rings. The van der Waals surface area contributed by atoms with Gasteiger partial charge >= 0.3 is 0 Å². The van der Waals surface area contributed by atoms with E-state index in [0.29, 0.717) is 0 Å². The summed E-state index contributed by atoms with van der Waals surface area (Å²) in [5, 5.41) is 7.61. The summed E-state index contributed by atoms with van der Waals surface area (Å²) in [5.41, 5.74) is 1.21. The molecule has 0 aromatic heterocycles. The molecule has 0 radical (unpaired) electrons. The van der Waals surface area contributed by atoms with Crippen molar-refractivity contribution in [1.29, 1.82) is 0 Å². The van der Waals surface area contributed by atoms with Crippen LogP contribution >= 0.6 is 11.6 Å². The van der Waals surface area contributed by atoms with Crippen LogP contribution in [0.15, 0.2) is 18.2 Å². The molecule has 15 heavy (non-hydrogen) atoms. The Bertz CT molecular complexity index is 388. The molecule has 0 bridgehead atoms. The van der Waals surface area contributed by atoms with Crippen molar-refractivity contribution in [1.82, 2.24) is 10.6 Å². The Morgan fingerprint density at radius 3 is 3.13 bits per heavy atom. The SMILES string of the molecule is Clc1ccc2c(c1)C1(CCO2)CNCN1. The largest absolute Gasteiger partial charge is 0.493 e. The van der Waals surface area contributed by atoms with E-state index in [1.165, 1.54) is 5.56 Å². The molecule has 2 N–H and O–H groups in total. The van der Waals surface area contributed by atoms with Crippen LogP contribution in [-0.2, 0) is 5.54 Å². The molecule has 0 amide bonds. The number of hydrogen-bond donors (Lipinski definition) is 2. The minimum Gasteiger partial charge on any atom is -0.493 e. The predicted molar refractivity (Wildman–Crippen MR) is 59.2 cm³/mol. The highest BCUT2D eigenvalue weighted by atomic mass is 35.5. The maximum Gasteiger partial charge on any atom is 0.124 e. The summed E-state index contributed by atoms with van der Waals surface area (Å²) in [6, 6.07) is 5.84. The van der Waals surface area contributed by atoms with Gasteiger partial charge in [0.15, 0.2) is 0 Å². The van der Waals surface area contributed by atoms with Crippen LogP contribution in [0.3, 0.4) is 0 Å². The Hall–Kier alpha value is -0.770. The maximum atomic E-state index is 6.03. The molecule has 1 spiro atoms. The van der Waals surface area contributed by atoms with Crippen molar-refractivity contribution in [2.24, 2.45) is 0 Å². The first-order chi connectivity index (χ1) is 7.30. The van der Waals surface area contributed by atoms with Crippen LogP contribution in [0.25, 0.3) is 0 Å². The molecular formula is C11H13ClN2O. The highest BCUT2D eigenvalue weighted by Crippen LogP contribution is 2.39. The van der Waals surface area contributed by atoms with E-state index in [2.05, 4.69) is 10.6 Å². The van der Waals surface area contributed by atoms with Crippen molar-refractivity contribution in [3.05, 3.63) is 28.8 Å². The molecule has 1 unspecified atom stereocenters. The normalized spacial score (nSPS) is 28.9. The van der Waals surface area contributed by atoms with E-state index in [9.17, 15) is 0 Å². The molecule has 1 fully saturated rings. The molecule has 4 heteroatoms. The van der Waals surface area contributed by atoms with Crippen molar-refractivity contribution in [3.8, 4) is 5.75 Å². The smallest absolute Gasteiger partial charge is 0.124 e. The minimum absolute atomic E-state index is 0.0263. The number of benzene rings is 1. The van der Waals surface area contributed by atoms with Gasteiger partial charge in [-0.2, -0.15) is 0 Å². The molecule has 80 valence electrons. The zero-order valence-electron chi connectivity index (χ0n) is 8.35. The van der Waals surface area contributed by atoms with Gasteiger partial charge in [-0.15, -0.1) is 0 Å². The number of nitrogens with one attached hydrogen (secondary N) is 2. The van der Waals surface area contributed by atoms with E-state index in [0.717, 1.165) is 37.0 Å². The summed E-state index contributed by atoms with van der Waals surface area (Å²) < 4.78 is 5.64. The first-order valence-electron chi connectivity index (χ1n) is 5.19. The number of halogens is 1. The Labute approximate surface area is 93.8 Å². The van der Waals surface area contributed by atoms with Crippen molar-refractivity contribution in [3.63, 3.8) is 0 Å². The summed E-state index contributed by atoms with van der Waals surface area (Å²) in [5.74, 6) is 0.960. The van der Waals surface area contributed by atoms with E-state index in [1.807, 2.05) is 18.2 Å². The van der Waals surface area contributed by atoms with Crippen LogP contribution in [0, 0.1) is 0 Å². The van der Waals surface area contributed by atoms with Gasteiger partial charge < -0.3 is 10.1 Å². The van der Waals surface area contributed by atoms with Gasteiger partial charge in [0.2, 0.25) is 0 Å². The lowest BCUT2D eigenvalue weighted by atomic mass is 9.85. The summed E-state index contributed by atoms with van der Waals surface area (Å²) >= 11 is 6.03. The van der Waals surface area contributed by atoms with Crippen LogP contribution in [0.4, 0.5) is 0 Å². The number of fused-ring (bicyclic) bond motifs is 2. The molecule has 1 atom stereocenters. The molecule has 3 nitrogen and oxygen atoms in total.